The van der Waals surface area contributed by atoms with Gasteiger partial charge >= 0.3 is 6.18 Å². The van der Waals surface area contributed by atoms with Crippen molar-refractivity contribution in [1.29, 1.82) is 0 Å². The highest BCUT2D eigenvalue weighted by molar-refractivity contribution is 5.96. The van der Waals surface area contributed by atoms with Crippen LogP contribution < -0.4 is 5.43 Å². The Morgan fingerprint density at radius 2 is 1.63 bits per heavy atom. The third kappa shape index (κ3) is 7.29. The van der Waals surface area contributed by atoms with E-state index < -0.39 is 35.9 Å². The smallest absolute Gasteiger partial charge is 0.416 e. The second-order valence-electron chi connectivity index (χ2n) is 10.4. The molecule has 3 aromatic carbocycles. The van der Waals surface area contributed by atoms with Gasteiger partial charge in [-0.2, -0.15) is 13.2 Å². The van der Waals surface area contributed by atoms with Crippen LogP contribution in [0.5, 0.6) is 0 Å². The highest BCUT2D eigenvalue weighted by Crippen LogP contribution is 2.29. The number of ether oxygens (including phenoxy) is 1. The van der Waals surface area contributed by atoms with Crippen LogP contribution in [0.25, 0.3) is 11.0 Å². The largest absolute Gasteiger partial charge is 0.464 e. The number of carbonyl (C=O) groups excluding carboxylic acids is 2. The van der Waals surface area contributed by atoms with Gasteiger partial charge < -0.3 is 19.0 Å². The van der Waals surface area contributed by atoms with Gasteiger partial charge in [-0.3, -0.25) is 14.4 Å². The molecule has 11 heteroatoms. The molecular weight excluding hydrogens is 568 g/mol. The van der Waals surface area contributed by atoms with E-state index in [0.29, 0.717) is 29.6 Å². The van der Waals surface area contributed by atoms with Crippen LogP contribution in [0.3, 0.4) is 0 Å². The van der Waals surface area contributed by atoms with Crippen molar-refractivity contribution >= 4 is 22.8 Å². The zero-order valence-corrected chi connectivity index (χ0v) is 23.0. The number of rotatable bonds is 9. The molecule has 0 spiro atoms. The predicted molar refractivity (Wildman–Crippen MR) is 149 cm³/mol. The Balaban J connectivity index is 1.43. The van der Waals surface area contributed by atoms with Crippen molar-refractivity contribution in [3.05, 3.63) is 117 Å². The molecule has 0 radical (unpaired) electrons. The maximum Gasteiger partial charge on any atom is 0.416 e. The number of fused-ring (bicyclic) bond motifs is 1. The number of hydrogen-bond acceptors (Lipinski definition) is 5. The molecule has 1 aliphatic rings. The first-order chi connectivity index (χ1) is 20.6. The van der Waals surface area contributed by atoms with Gasteiger partial charge in [-0.05, 0) is 66.9 Å². The normalized spacial score (nSPS) is 15.0. The first-order valence-electron chi connectivity index (χ1n) is 13.7. The number of hydrogen-bond donors (Lipinski definition) is 0. The Labute approximate surface area is 244 Å². The van der Waals surface area contributed by atoms with E-state index in [1.807, 2.05) is 0 Å². The minimum atomic E-state index is -4.56. The lowest BCUT2D eigenvalue weighted by atomic mass is 10.1. The lowest BCUT2D eigenvalue weighted by Gasteiger charge is -2.29. The number of benzene rings is 3. The molecule has 1 atom stereocenters. The molecule has 2 amide bonds. The van der Waals surface area contributed by atoms with Crippen LogP contribution in [0, 0.1) is 5.82 Å². The van der Waals surface area contributed by atoms with Crippen molar-refractivity contribution in [2.45, 2.75) is 38.2 Å². The molecule has 1 saturated heterocycles. The van der Waals surface area contributed by atoms with Crippen LogP contribution in [0.4, 0.5) is 17.6 Å². The highest BCUT2D eigenvalue weighted by atomic mass is 19.4. The fourth-order valence-electron chi connectivity index (χ4n) is 4.98. The van der Waals surface area contributed by atoms with E-state index >= 15 is 0 Å². The third-order valence-electron chi connectivity index (χ3n) is 7.27. The first kappa shape index (κ1) is 30.0. The molecule has 1 unspecified atom stereocenters. The minimum absolute atomic E-state index is 0.00633. The van der Waals surface area contributed by atoms with Crippen LogP contribution in [0.2, 0.25) is 0 Å². The number of nitrogens with zero attached hydrogens (tertiary/aromatic N) is 2. The third-order valence-corrected chi connectivity index (χ3v) is 7.27. The van der Waals surface area contributed by atoms with Gasteiger partial charge in [0.2, 0.25) is 5.91 Å². The fraction of sp³-hybridized carbons (Fsp3) is 0.281. The van der Waals surface area contributed by atoms with Gasteiger partial charge in [0, 0.05) is 25.3 Å². The van der Waals surface area contributed by atoms with E-state index in [-0.39, 0.29) is 42.3 Å². The molecule has 0 saturated carbocycles. The molecule has 1 aliphatic heterocycles. The van der Waals surface area contributed by atoms with E-state index in [9.17, 15) is 31.9 Å². The summed E-state index contributed by atoms with van der Waals surface area (Å²) in [6.07, 6.45) is -2.19. The summed E-state index contributed by atoms with van der Waals surface area (Å²) in [6.45, 7) is -0.0531. The lowest BCUT2D eigenvalue weighted by Crippen LogP contribution is -2.45. The predicted octanol–water partition coefficient (Wildman–Crippen LogP) is 5.80. The topological polar surface area (TPSA) is 80.1 Å². The van der Waals surface area contributed by atoms with Gasteiger partial charge in [0.25, 0.3) is 5.91 Å². The standard InChI is InChI=1S/C32H28F4N2O5/c33-25-13-7-21(8-14-25)16-37(17-23-20-43-28-6-2-1-5-27(28)30(23)40)29(39)19-38(18-26-4-3-15-42-26)31(41)22-9-11-24(12-10-22)32(34,35)36/h1-2,5-14,20,26H,3-4,15-19H2. The minimum Gasteiger partial charge on any atom is -0.464 e. The van der Waals surface area contributed by atoms with Gasteiger partial charge in [-0.15, -0.1) is 0 Å². The fourth-order valence-corrected chi connectivity index (χ4v) is 4.98. The number of alkyl halides is 3. The number of halogens is 4. The Hall–Kier alpha value is -4.51. The first-order valence-corrected chi connectivity index (χ1v) is 13.7. The Morgan fingerprint density at radius 1 is 0.907 bits per heavy atom. The van der Waals surface area contributed by atoms with Crippen molar-refractivity contribution in [1.82, 2.24) is 9.80 Å². The summed E-state index contributed by atoms with van der Waals surface area (Å²) in [5.74, 6) is -1.62. The summed E-state index contributed by atoms with van der Waals surface area (Å²) in [6, 6.07) is 16.0. The van der Waals surface area contributed by atoms with Crippen molar-refractivity contribution in [3.8, 4) is 0 Å². The Bertz CT molecular complexity index is 1650. The second kappa shape index (κ2) is 12.8. The van der Waals surface area contributed by atoms with Crippen molar-refractivity contribution < 1.29 is 36.3 Å². The van der Waals surface area contributed by atoms with Crippen molar-refractivity contribution in [3.63, 3.8) is 0 Å². The van der Waals surface area contributed by atoms with Gasteiger partial charge in [0.15, 0.2) is 5.43 Å². The van der Waals surface area contributed by atoms with Crippen LogP contribution in [0.1, 0.15) is 39.9 Å². The van der Waals surface area contributed by atoms with Gasteiger partial charge in [0.1, 0.15) is 17.9 Å². The Kier molecular flexibility index (Phi) is 8.91. The maximum atomic E-state index is 13.8. The van der Waals surface area contributed by atoms with Crippen molar-refractivity contribution in [2.75, 3.05) is 19.7 Å². The molecule has 224 valence electrons. The summed E-state index contributed by atoms with van der Waals surface area (Å²) >= 11 is 0. The molecule has 1 fully saturated rings. The van der Waals surface area contributed by atoms with Crippen molar-refractivity contribution in [2.24, 2.45) is 0 Å². The quantitative estimate of drug-likeness (QED) is 0.228. The average molecular weight is 597 g/mol. The molecule has 43 heavy (non-hydrogen) atoms. The Morgan fingerprint density at radius 3 is 2.30 bits per heavy atom. The molecule has 1 aromatic heterocycles. The van der Waals surface area contributed by atoms with E-state index in [4.69, 9.17) is 9.15 Å². The molecular formula is C32H28F4N2O5. The summed E-state index contributed by atoms with van der Waals surface area (Å²) in [5, 5.41) is 0.340. The van der Waals surface area contributed by atoms with Gasteiger partial charge in [0.05, 0.1) is 35.4 Å². The SMILES string of the molecule is O=C(CN(CC1CCCO1)C(=O)c1ccc(C(F)(F)F)cc1)N(Cc1ccc(F)cc1)Cc1coc2ccccc2c1=O. The number of amides is 2. The number of carbonyl (C=O) groups is 2. The molecule has 2 heterocycles. The summed E-state index contributed by atoms with van der Waals surface area (Å²) < 4.78 is 64.2. The molecule has 0 bridgehead atoms. The zero-order chi connectivity index (χ0) is 30.6. The van der Waals surface area contributed by atoms with E-state index in [2.05, 4.69) is 0 Å². The lowest BCUT2D eigenvalue weighted by molar-refractivity contribution is -0.137. The molecule has 4 aromatic rings. The molecule has 0 aliphatic carbocycles. The maximum absolute atomic E-state index is 13.8. The monoisotopic (exact) mass is 596 g/mol. The zero-order valence-electron chi connectivity index (χ0n) is 23.0. The van der Waals surface area contributed by atoms with Crippen LogP contribution in [0.15, 0.2) is 88.3 Å². The van der Waals surface area contributed by atoms with Crippen LogP contribution in [-0.2, 0) is 28.8 Å². The number of para-hydroxylation sites is 1. The van der Waals surface area contributed by atoms with Crippen LogP contribution in [-0.4, -0.2) is 47.4 Å². The van der Waals surface area contributed by atoms with Gasteiger partial charge in [-0.1, -0.05) is 24.3 Å². The molecule has 5 rings (SSSR count). The second-order valence-corrected chi connectivity index (χ2v) is 10.4. The summed E-state index contributed by atoms with van der Waals surface area (Å²) in [4.78, 5) is 43.2. The summed E-state index contributed by atoms with van der Waals surface area (Å²) in [5.41, 5.74) is -0.0635. The summed E-state index contributed by atoms with van der Waals surface area (Å²) in [7, 11) is 0. The van der Waals surface area contributed by atoms with E-state index in [1.165, 1.54) is 40.3 Å². The average Bonchev–Trinajstić information content (AvgIpc) is 3.51. The molecule has 7 nitrogen and oxygen atoms in total. The highest BCUT2D eigenvalue weighted by Gasteiger charge is 2.32. The van der Waals surface area contributed by atoms with Gasteiger partial charge in [-0.25, -0.2) is 4.39 Å². The molecule has 0 N–H and O–H groups in total. The van der Waals surface area contributed by atoms with E-state index in [0.717, 1.165) is 30.7 Å². The van der Waals surface area contributed by atoms with Crippen LogP contribution >= 0.6 is 0 Å². The van der Waals surface area contributed by atoms with E-state index in [1.54, 1.807) is 24.3 Å².